The molecule has 200 valence electrons. The SMILES string of the molecule is C=N/C=C(C)\C(=C/C)NC(=O)CN1CC2(CCC(c3ccccc3)(N(C)C)CC2)N(CC2CCC2)C1=O. The van der Waals surface area contributed by atoms with Crippen molar-refractivity contribution in [1.82, 2.24) is 20.0 Å². The van der Waals surface area contributed by atoms with Crippen LogP contribution in [0.1, 0.15) is 64.4 Å². The van der Waals surface area contributed by atoms with E-state index in [4.69, 9.17) is 0 Å². The van der Waals surface area contributed by atoms with E-state index in [0.29, 0.717) is 18.2 Å². The second-order valence-corrected chi connectivity index (χ2v) is 11.3. The van der Waals surface area contributed by atoms with E-state index in [2.05, 4.69) is 71.3 Å². The monoisotopic (exact) mass is 505 g/mol. The number of benzene rings is 1. The van der Waals surface area contributed by atoms with Crippen molar-refractivity contribution in [2.24, 2.45) is 10.9 Å². The second kappa shape index (κ2) is 11.2. The standard InChI is InChI=1S/C30H43N5O2/c1-6-26(23(2)19-31-3)32-27(36)21-34-22-29(35(28(34)37)20-24-11-10-12-24)15-17-30(18-16-29,33(4)5)25-13-8-7-9-14-25/h6-9,13-14,19,24H,3,10-12,15-18,20-22H2,1-2,4-5H3,(H,32,36)/b23-19-,26-6+. The molecule has 37 heavy (non-hydrogen) atoms. The van der Waals surface area contributed by atoms with Crippen LogP contribution in [0.25, 0.3) is 0 Å². The van der Waals surface area contributed by atoms with E-state index in [1.165, 1.54) is 24.8 Å². The van der Waals surface area contributed by atoms with Gasteiger partial charge in [0.1, 0.15) is 6.54 Å². The van der Waals surface area contributed by atoms with E-state index in [1.807, 2.05) is 19.9 Å². The molecule has 0 radical (unpaired) electrons. The van der Waals surface area contributed by atoms with Crippen molar-refractivity contribution in [1.29, 1.82) is 0 Å². The molecule has 0 atom stereocenters. The van der Waals surface area contributed by atoms with Crippen LogP contribution < -0.4 is 5.32 Å². The summed E-state index contributed by atoms with van der Waals surface area (Å²) in [4.78, 5) is 36.9. The predicted molar refractivity (Wildman–Crippen MR) is 149 cm³/mol. The molecule has 3 fully saturated rings. The Morgan fingerprint density at radius 2 is 1.86 bits per heavy atom. The molecule has 7 nitrogen and oxygen atoms in total. The van der Waals surface area contributed by atoms with Crippen molar-refractivity contribution in [2.45, 2.75) is 69.9 Å². The number of rotatable bonds is 9. The van der Waals surface area contributed by atoms with Gasteiger partial charge in [0, 0.05) is 30.5 Å². The average Bonchev–Trinajstić information content (AvgIpc) is 3.10. The number of carbonyl (C=O) groups excluding carboxylic acids is 2. The Hall–Kier alpha value is -2.93. The minimum absolute atomic E-state index is 0.0150. The number of allylic oxidation sites excluding steroid dienone is 2. The predicted octanol–water partition coefficient (Wildman–Crippen LogP) is 4.92. The lowest BCUT2D eigenvalue weighted by Crippen LogP contribution is -2.56. The summed E-state index contributed by atoms with van der Waals surface area (Å²) in [6.07, 6.45) is 10.9. The van der Waals surface area contributed by atoms with Gasteiger partial charge in [0.05, 0.1) is 5.54 Å². The molecule has 1 saturated heterocycles. The van der Waals surface area contributed by atoms with Gasteiger partial charge >= 0.3 is 6.03 Å². The molecular formula is C30H43N5O2. The Morgan fingerprint density at radius 3 is 2.41 bits per heavy atom. The summed E-state index contributed by atoms with van der Waals surface area (Å²) in [6.45, 7) is 8.73. The summed E-state index contributed by atoms with van der Waals surface area (Å²) >= 11 is 0. The number of carbonyl (C=O) groups is 2. The third-order valence-corrected chi connectivity index (χ3v) is 9.01. The molecule has 0 unspecified atom stereocenters. The molecule has 0 aromatic heterocycles. The van der Waals surface area contributed by atoms with Crippen molar-refractivity contribution < 1.29 is 9.59 Å². The Labute approximate surface area is 222 Å². The number of nitrogens with zero attached hydrogens (tertiary/aromatic N) is 4. The van der Waals surface area contributed by atoms with E-state index >= 15 is 0 Å². The lowest BCUT2D eigenvalue weighted by molar-refractivity contribution is -0.120. The first-order valence-corrected chi connectivity index (χ1v) is 13.6. The van der Waals surface area contributed by atoms with Gasteiger partial charge in [0.25, 0.3) is 0 Å². The van der Waals surface area contributed by atoms with Gasteiger partial charge in [-0.3, -0.25) is 14.7 Å². The first-order chi connectivity index (χ1) is 17.7. The Bertz CT molecular complexity index is 1050. The maximum atomic E-state index is 13.8. The Balaban J connectivity index is 1.52. The first kappa shape index (κ1) is 27.1. The summed E-state index contributed by atoms with van der Waals surface area (Å²) in [6, 6.07) is 10.8. The maximum absolute atomic E-state index is 13.8. The number of aliphatic imine (C=N–C) groups is 1. The minimum Gasteiger partial charge on any atom is -0.325 e. The van der Waals surface area contributed by atoms with Crippen molar-refractivity contribution in [2.75, 3.05) is 33.7 Å². The zero-order valence-corrected chi connectivity index (χ0v) is 23.0. The second-order valence-electron chi connectivity index (χ2n) is 11.3. The largest absolute Gasteiger partial charge is 0.325 e. The summed E-state index contributed by atoms with van der Waals surface area (Å²) in [5, 5.41) is 2.96. The molecular weight excluding hydrogens is 462 g/mol. The van der Waals surface area contributed by atoms with Gasteiger partial charge in [0.2, 0.25) is 5.91 Å². The van der Waals surface area contributed by atoms with Crippen molar-refractivity contribution in [3.05, 3.63) is 59.4 Å². The van der Waals surface area contributed by atoms with E-state index in [9.17, 15) is 9.59 Å². The summed E-state index contributed by atoms with van der Waals surface area (Å²) in [5.41, 5.74) is 2.62. The number of urea groups is 1. The minimum atomic E-state index is -0.215. The van der Waals surface area contributed by atoms with Crippen molar-refractivity contribution in [3.8, 4) is 0 Å². The summed E-state index contributed by atoms with van der Waals surface area (Å²) < 4.78 is 0. The lowest BCUT2D eigenvalue weighted by atomic mass is 9.68. The van der Waals surface area contributed by atoms with E-state index in [1.54, 1.807) is 11.1 Å². The van der Waals surface area contributed by atoms with Crippen LogP contribution in [-0.2, 0) is 10.3 Å². The van der Waals surface area contributed by atoms with Crippen LogP contribution in [0.2, 0.25) is 0 Å². The average molecular weight is 506 g/mol. The highest BCUT2D eigenvalue weighted by molar-refractivity contribution is 5.87. The normalized spacial score (nSPS) is 27.1. The molecule has 1 spiro atoms. The van der Waals surface area contributed by atoms with Crippen molar-refractivity contribution in [3.63, 3.8) is 0 Å². The van der Waals surface area contributed by atoms with Gasteiger partial charge in [-0.2, -0.15) is 0 Å². The van der Waals surface area contributed by atoms with Gasteiger partial charge in [-0.25, -0.2) is 4.79 Å². The highest BCUT2D eigenvalue weighted by atomic mass is 16.2. The molecule has 1 heterocycles. The topological polar surface area (TPSA) is 68.2 Å². The van der Waals surface area contributed by atoms with Crippen LogP contribution in [0, 0.1) is 5.92 Å². The molecule has 3 amide bonds. The highest BCUT2D eigenvalue weighted by Crippen LogP contribution is 2.49. The lowest BCUT2D eigenvalue weighted by Gasteiger charge is -2.51. The fraction of sp³-hybridized carbons (Fsp3) is 0.567. The molecule has 1 aromatic carbocycles. The Kier molecular flexibility index (Phi) is 8.22. The van der Waals surface area contributed by atoms with Crippen LogP contribution in [0.3, 0.4) is 0 Å². The summed E-state index contributed by atoms with van der Waals surface area (Å²) in [5.74, 6) is 0.403. The third kappa shape index (κ3) is 5.37. The molecule has 2 saturated carbocycles. The molecule has 3 aliphatic rings. The molecule has 1 N–H and O–H groups in total. The molecule has 4 rings (SSSR count). The number of hydrogen-bond acceptors (Lipinski definition) is 4. The molecule has 0 bridgehead atoms. The smallest absolute Gasteiger partial charge is 0.321 e. The number of hydrogen-bond donors (Lipinski definition) is 1. The van der Waals surface area contributed by atoms with Crippen LogP contribution >= 0.6 is 0 Å². The molecule has 7 heteroatoms. The summed E-state index contributed by atoms with van der Waals surface area (Å²) in [7, 11) is 4.34. The van der Waals surface area contributed by atoms with Gasteiger partial charge in [-0.1, -0.05) is 42.8 Å². The van der Waals surface area contributed by atoms with E-state index < -0.39 is 0 Å². The molecule has 1 aliphatic heterocycles. The maximum Gasteiger partial charge on any atom is 0.321 e. The number of amides is 3. The van der Waals surface area contributed by atoms with Gasteiger partial charge in [0.15, 0.2) is 0 Å². The molecule has 2 aliphatic carbocycles. The number of nitrogens with one attached hydrogen (secondary N) is 1. The van der Waals surface area contributed by atoms with E-state index in [-0.39, 0.29) is 29.6 Å². The third-order valence-electron chi connectivity index (χ3n) is 9.01. The fourth-order valence-electron chi connectivity index (χ4n) is 6.48. The zero-order valence-electron chi connectivity index (χ0n) is 23.0. The first-order valence-electron chi connectivity index (χ1n) is 13.6. The van der Waals surface area contributed by atoms with Crippen molar-refractivity contribution >= 4 is 18.7 Å². The van der Waals surface area contributed by atoms with Crippen LogP contribution in [0.15, 0.2) is 58.9 Å². The van der Waals surface area contributed by atoms with Gasteiger partial charge in [-0.05, 0) is 90.2 Å². The fourth-order valence-corrected chi connectivity index (χ4v) is 6.48. The zero-order chi connectivity index (χ0) is 26.6. The Morgan fingerprint density at radius 1 is 1.19 bits per heavy atom. The highest BCUT2D eigenvalue weighted by Gasteiger charge is 2.55. The van der Waals surface area contributed by atoms with Crippen LogP contribution in [-0.4, -0.2) is 72.6 Å². The quantitative estimate of drug-likeness (QED) is 0.383. The van der Waals surface area contributed by atoms with Crippen LogP contribution in [0.5, 0.6) is 0 Å². The van der Waals surface area contributed by atoms with E-state index in [0.717, 1.165) is 37.8 Å². The molecule has 1 aromatic rings. The van der Waals surface area contributed by atoms with Gasteiger partial charge in [-0.15, -0.1) is 0 Å². The van der Waals surface area contributed by atoms with Gasteiger partial charge < -0.3 is 15.1 Å². The van der Waals surface area contributed by atoms with Crippen LogP contribution in [0.4, 0.5) is 4.79 Å².